The molecule has 0 radical (unpaired) electrons. The van der Waals surface area contributed by atoms with Gasteiger partial charge in [0.15, 0.2) is 0 Å². The number of nitrogens with zero attached hydrogens (tertiary/aromatic N) is 1. The van der Waals surface area contributed by atoms with E-state index in [9.17, 15) is 0 Å². The molecule has 14 heavy (non-hydrogen) atoms. The standard InChI is InChI=1S/C12H16BrN/c1-2-14(11-7-8-11)12-6-4-3-5-10(12)9-13/h3-6,11H,2,7-9H2,1H3. The molecule has 1 aromatic rings. The van der Waals surface area contributed by atoms with Gasteiger partial charge in [-0.15, -0.1) is 0 Å². The van der Waals surface area contributed by atoms with Crippen LogP contribution in [0.4, 0.5) is 5.69 Å². The van der Waals surface area contributed by atoms with Crippen LogP contribution < -0.4 is 4.90 Å². The van der Waals surface area contributed by atoms with Gasteiger partial charge in [0.1, 0.15) is 0 Å². The molecule has 2 rings (SSSR count). The van der Waals surface area contributed by atoms with E-state index in [0.717, 1.165) is 17.9 Å². The average Bonchev–Trinajstić information content (AvgIpc) is 3.04. The highest BCUT2D eigenvalue weighted by atomic mass is 79.9. The Kier molecular flexibility index (Phi) is 3.12. The Morgan fingerprint density at radius 2 is 2.07 bits per heavy atom. The molecule has 0 spiro atoms. The second-order valence-electron chi connectivity index (χ2n) is 3.78. The zero-order valence-electron chi connectivity index (χ0n) is 8.54. The van der Waals surface area contributed by atoms with Gasteiger partial charge in [0.2, 0.25) is 0 Å². The van der Waals surface area contributed by atoms with Gasteiger partial charge in [0.25, 0.3) is 0 Å². The summed E-state index contributed by atoms with van der Waals surface area (Å²) in [5.74, 6) is 0. The van der Waals surface area contributed by atoms with Crippen molar-refractivity contribution < 1.29 is 0 Å². The largest absolute Gasteiger partial charge is 0.369 e. The summed E-state index contributed by atoms with van der Waals surface area (Å²) < 4.78 is 0. The molecule has 0 N–H and O–H groups in total. The Bertz CT molecular complexity index is 307. The second kappa shape index (κ2) is 4.35. The van der Waals surface area contributed by atoms with Crippen LogP contribution in [-0.4, -0.2) is 12.6 Å². The summed E-state index contributed by atoms with van der Waals surface area (Å²) in [6.07, 6.45) is 2.73. The molecule has 0 saturated heterocycles. The molecule has 76 valence electrons. The van der Waals surface area contributed by atoms with Crippen LogP contribution in [-0.2, 0) is 5.33 Å². The molecule has 0 aliphatic heterocycles. The molecule has 1 nitrogen and oxygen atoms in total. The SMILES string of the molecule is CCN(c1ccccc1CBr)C1CC1. The fourth-order valence-electron chi connectivity index (χ4n) is 1.92. The van der Waals surface area contributed by atoms with Crippen LogP contribution in [0.3, 0.4) is 0 Å². The van der Waals surface area contributed by atoms with E-state index in [-0.39, 0.29) is 0 Å². The van der Waals surface area contributed by atoms with Gasteiger partial charge in [0, 0.05) is 23.6 Å². The third kappa shape index (κ3) is 1.95. The van der Waals surface area contributed by atoms with Gasteiger partial charge in [-0.1, -0.05) is 34.1 Å². The van der Waals surface area contributed by atoms with E-state index in [4.69, 9.17) is 0 Å². The topological polar surface area (TPSA) is 3.24 Å². The number of halogens is 1. The summed E-state index contributed by atoms with van der Waals surface area (Å²) in [6.45, 7) is 3.36. The first-order chi connectivity index (χ1) is 6.86. The Labute approximate surface area is 94.2 Å². The minimum Gasteiger partial charge on any atom is -0.369 e. The van der Waals surface area contributed by atoms with Crippen molar-refractivity contribution in [3.05, 3.63) is 29.8 Å². The molecule has 2 heteroatoms. The van der Waals surface area contributed by atoms with Crippen LogP contribution >= 0.6 is 15.9 Å². The highest BCUT2D eigenvalue weighted by molar-refractivity contribution is 9.08. The lowest BCUT2D eigenvalue weighted by atomic mass is 10.2. The average molecular weight is 254 g/mol. The zero-order chi connectivity index (χ0) is 9.97. The van der Waals surface area contributed by atoms with Gasteiger partial charge in [-0.2, -0.15) is 0 Å². The second-order valence-corrected chi connectivity index (χ2v) is 4.34. The van der Waals surface area contributed by atoms with Crippen molar-refractivity contribution in [1.82, 2.24) is 0 Å². The first kappa shape index (κ1) is 10.0. The first-order valence-electron chi connectivity index (χ1n) is 5.27. The van der Waals surface area contributed by atoms with Crippen LogP contribution in [0.15, 0.2) is 24.3 Å². The number of anilines is 1. The minimum atomic E-state index is 0.806. The van der Waals surface area contributed by atoms with Crippen molar-refractivity contribution in [1.29, 1.82) is 0 Å². The third-order valence-electron chi connectivity index (χ3n) is 2.77. The van der Waals surface area contributed by atoms with Crippen molar-refractivity contribution in [2.75, 3.05) is 11.4 Å². The van der Waals surface area contributed by atoms with E-state index < -0.39 is 0 Å². The molecular weight excluding hydrogens is 238 g/mol. The molecule has 0 atom stereocenters. The quantitative estimate of drug-likeness (QED) is 0.742. The van der Waals surface area contributed by atoms with E-state index in [1.54, 1.807) is 0 Å². The number of hydrogen-bond acceptors (Lipinski definition) is 1. The van der Waals surface area contributed by atoms with Crippen molar-refractivity contribution in [3.63, 3.8) is 0 Å². The van der Waals surface area contributed by atoms with E-state index >= 15 is 0 Å². The molecule has 0 heterocycles. The van der Waals surface area contributed by atoms with E-state index in [1.165, 1.54) is 24.1 Å². The maximum atomic E-state index is 3.55. The number of rotatable bonds is 4. The smallest absolute Gasteiger partial charge is 0.0409 e. The Morgan fingerprint density at radius 1 is 1.36 bits per heavy atom. The van der Waals surface area contributed by atoms with E-state index in [1.807, 2.05) is 0 Å². The van der Waals surface area contributed by atoms with Gasteiger partial charge in [-0.25, -0.2) is 0 Å². The molecule has 0 amide bonds. The number of benzene rings is 1. The zero-order valence-corrected chi connectivity index (χ0v) is 10.1. The van der Waals surface area contributed by atoms with Gasteiger partial charge < -0.3 is 4.90 Å². The Hall–Kier alpha value is -0.500. The van der Waals surface area contributed by atoms with Gasteiger partial charge in [-0.05, 0) is 31.4 Å². The molecule has 0 bridgehead atoms. The Morgan fingerprint density at radius 3 is 2.64 bits per heavy atom. The maximum absolute atomic E-state index is 3.55. The van der Waals surface area contributed by atoms with Crippen LogP contribution in [0, 0.1) is 0 Å². The lowest BCUT2D eigenvalue weighted by Gasteiger charge is -2.25. The molecule has 1 saturated carbocycles. The monoisotopic (exact) mass is 253 g/mol. The molecule has 0 aromatic heterocycles. The molecule has 1 aliphatic carbocycles. The Balaban J connectivity index is 2.27. The van der Waals surface area contributed by atoms with E-state index in [2.05, 4.69) is 52.0 Å². The van der Waals surface area contributed by atoms with E-state index in [0.29, 0.717) is 0 Å². The molecule has 0 unspecified atom stereocenters. The summed E-state index contributed by atoms with van der Waals surface area (Å²) in [5, 5.41) is 0.951. The number of alkyl halides is 1. The summed E-state index contributed by atoms with van der Waals surface area (Å²) in [6, 6.07) is 9.49. The number of hydrogen-bond donors (Lipinski definition) is 0. The summed E-state index contributed by atoms with van der Waals surface area (Å²) in [5.41, 5.74) is 2.82. The lowest BCUT2D eigenvalue weighted by Crippen LogP contribution is -2.25. The van der Waals surface area contributed by atoms with Crippen LogP contribution in [0.1, 0.15) is 25.3 Å². The highest BCUT2D eigenvalue weighted by Crippen LogP contribution is 2.33. The highest BCUT2D eigenvalue weighted by Gasteiger charge is 2.28. The fourth-order valence-corrected chi connectivity index (χ4v) is 2.39. The van der Waals surface area contributed by atoms with Gasteiger partial charge in [0.05, 0.1) is 0 Å². The third-order valence-corrected chi connectivity index (χ3v) is 3.38. The molecule has 1 aromatic carbocycles. The lowest BCUT2D eigenvalue weighted by molar-refractivity contribution is 0.822. The summed E-state index contributed by atoms with van der Waals surface area (Å²) in [4.78, 5) is 2.52. The predicted octanol–water partition coefficient (Wildman–Crippen LogP) is 3.57. The fraction of sp³-hybridized carbons (Fsp3) is 0.500. The predicted molar refractivity (Wildman–Crippen MR) is 65.1 cm³/mol. The maximum Gasteiger partial charge on any atom is 0.0409 e. The van der Waals surface area contributed by atoms with Crippen molar-refractivity contribution in [3.8, 4) is 0 Å². The number of para-hydroxylation sites is 1. The van der Waals surface area contributed by atoms with Crippen molar-refractivity contribution in [2.45, 2.75) is 31.1 Å². The van der Waals surface area contributed by atoms with Crippen molar-refractivity contribution in [2.24, 2.45) is 0 Å². The van der Waals surface area contributed by atoms with Gasteiger partial charge in [-0.3, -0.25) is 0 Å². The summed E-state index contributed by atoms with van der Waals surface area (Å²) in [7, 11) is 0. The normalized spacial score (nSPS) is 15.6. The van der Waals surface area contributed by atoms with Crippen LogP contribution in [0.2, 0.25) is 0 Å². The summed E-state index contributed by atoms with van der Waals surface area (Å²) >= 11 is 3.55. The van der Waals surface area contributed by atoms with Gasteiger partial charge >= 0.3 is 0 Å². The molecular formula is C12H16BrN. The minimum absolute atomic E-state index is 0.806. The first-order valence-corrected chi connectivity index (χ1v) is 6.39. The van der Waals surface area contributed by atoms with Crippen LogP contribution in [0.25, 0.3) is 0 Å². The molecule has 1 aliphatic rings. The molecule has 1 fully saturated rings. The van der Waals surface area contributed by atoms with Crippen LogP contribution in [0.5, 0.6) is 0 Å². The van der Waals surface area contributed by atoms with Crippen molar-refractivity contribution >= 4 is 21.6 Å².